The van der Waals surface area contributed by atoms with E-state index in [1.165, 1.54) is 21.7 Å². The Hall–Kier alpha value is -0.870. The van der Waals surface area contributed by atoms with Gasteiger partial charge in [0.2, 0.25) is 10.0 Å². The molecule has 0 aliphatic carbocycles. The number of nitrogens with zero attached hydrogens (tertiary/aromatic N) is 3. The van der Waals surface area contributed by atoms with Crippen molar-refractivity contribution in [1.82, 2.24) is 14.5 Å². The van der Waals surface area contributed by atoms with Gasteiger partial charge in [-0.3, -0.25) is 4.99 Å². The van der Waals surface area contributed by atoms with E-state index in [0.717, 1.165) is 25.5 Å². The molecule has 0 aromatic heterocycles. The minimum absolute atomic E-state index is 0. The number of sulfonamides is 1. The van der Waals surface area contributed by atoms with E-state index in [2.05, 4.69) is 46.4 Å². The first-order valence-corrected chi connectivity index (χ1v) is 11.2. The molecule has 0 fully saturated rings. The zero-order valence-corrected chi connectivity index (χ0v) is 20.4. The molecule has 0 unspecified atom stereocenters. The van der Waals surface area contributed by atoms with E-state index in [9.17, 15) is 8.42 Å². The third kappa shape index (κ3) is 9.75. The van der Waals surface area contributed by atoms with E-state index in [1.807, 2.05) is 20.9 Å². The van der Waals surface area contributed by atoms with Crippen LogP contribution in [-0.4, -0.2) is 63.1 Å². The normalized spacial score (nSPS) is 12.0. The lowest BCUT2D eigenvalue weighted by atomic mass is 10.1. The van der Waals surface area contributed by atoms with Crippen molar-refractivity contribution in [2.45, 2.75) is 40.2 Å². The van der Waals surface area contributed by atoms with Gasteiger partial charge < -0.3 is 10.2 Å². The number of rotatable bonds is 10. The van der Waals surface area contributed by atoms with Crippen LogP contribution < -0.4 is 5.32 Å². The molecular formula is C19H35IN4O2S. The van der Waals surface area contributed by atoms with Gasteiger partial charge >= 0.3 is 0 Å². The number of hydrogen-bond acceptors (Lipinski definition) is 3. The molecule has 0 spiro atoms. The van der Waals surface area contributed by atoms with Crippen molar-refractivity contribution in [2.75, 3.05) is 39.5 Å². The van der Waals surface area contributed by atoms with Crippen LogP contribution in [-0.2, 0) is 23.0 Å². The van der Waals surface area contributed by atoms with Gasteiger partial charge in [-0.05, 0) is 30.9 Å². The number of hydrogen-bond donors (Lipinski definition) is 1. The smallest absolute Gasteiger partial charge is 0.211 e. The summed E-state index contributed by atoms with van der Waals surface area (Å²) in [4.78, 5) is 6.74. The second-order valence-corrected chi connectivity index (χ2v) is 8.35. The summed E-state index contributed by atoms with van der Waals surface area (Å²) in [5.74, 6) is 0.842. The third-order valence-electron chi connectivity index (χ3n) is 4.20. The first-order chi connectivity index (χ1) is 12.3. The highest BCUT2D eigenvalue weighted by Crippen LogP contribution is 2.08. The lowest BCUT2D eigenvalue weighted by molar-refractivity contribution is 0.425. The molecule has 0 heterocycles. The fourth-order valence-electron chi connectivity index (χ4n) is 2.69. The van der Waals surface area contributed by atoms with Gasteiger partial charge in [-0.25, -0.2) is 12.7 Å². The SMILES string of the molecule is CCNC(=NCCCN(CC)S(C)(=O)=O)N(C)Cc1ccc(CC)cc1.I. The van der Waals surface area contributed by atoms with E-state index >= 15 is 0 Å². The summed E-state index contributed by atoms with van der Waals surface area (Å²) in [7, 11) is -1.11. The molecule has 156 valence electrons. The van der Waals surface area contributed by atoms with Crippen LogP contribution in [0.25, 0.3) is 0 Å². The molecule has 0 atom stereocenters. The molecule has 1 aromatic carbocycles. The maximum absolute atomic E-state index is 11.6. The van der Waals surface area contributed by atoms with E-state index in [4.69, 9.17) is 0 Å². The molecule has 8 heteroatoms. The molecule has 0 saturated carbocycles. The number of nitrogens with one attached hydrogen (secondary N) is 1. The Kier molecular flexibility index (Phi) is 12.9. The molecule has 0 bridgehead atoms. The van der Waals surface area contributed by atoms with E-state index in [1.54, 1.807) is 0 Å². The van der Waals surface area contributed by atoms with Crippen molar-refractivity contribution in [3.05, 3.63) is 35.4 Å². The third-order valence-corrected chi connectivity index (χ3v) is 5.58. The van der Waals surface area contributed by atoms with E-state index in [-0.39, 0.29) is 24.0 Å². The van der Waals surface area contributed by atoms with Gasteiger partial charge in [0.25, 0.3) is 0 Å². The van der Waals surface area contributed by atoms with Gasteiger partial charge in [-0.1, -0.05) is 38.1 Å². The van der Waals surface area contributed by atoms with Crippen molar-refractivity contribution in [2.24, 2.45) is 4.99 Å². The Morgan fingerprint density at radius 1 is 1.11 bits per heavy atom. The summed E-state index contributed by atoms with van der Waals surface area (Å²) in [6, 6.07) is 8.64. The Morgan fingerprint density at radius 2 is 1.70 bits per heavy atom. The molecule has 1 rings (SSSR count). The van der Waals surface area contributed by atoms with E-state index < -0.39 is 10.0 Å². The molecule has 0 saturated heterocycles. The van der Waals surface area contributed by atoms with Crippen molar-refractivity contribution in [3.63, 3.8) is 0 Å². The molecule has 0 aliphatic heterocycles. The van der Waals surface area contributed by atoms with Crippen molar-refractivity contribution in [1.29, 1.82) is 0 Å². The van der Waals surface area contributed by atoms with Gasteiger partial charge in [0.1, 0.15) is 0 Å². The predicted molar refractivity (Wildman–Crippen MR) is 125 cm³/mol. The molecular weight excluding hydrogens is 475 g/mol. The van der Waals surface area contributed by atoms with Crippen molar-refractivity contribution in [3.8, 4) is 0 Å². The van der Waals surface area contributed by atoms with Crippen LogP contribution in [0.2, 0.25) is 0 Å². The van der Waals surface area contributed by atoms with Crippen molar-refractivity contribution >= 4 is 40.0 Å². The van der Waals surface area contributed by atoms with Gasteiger partial charge in [-0.15, -0.1) is 24.0 Å². The van der Waals surface area contributed by atoms with E-state index in [0.29, 0.717) is 26.1 Å². The molecule has 0 radical (unpaired) electrons. The number of aliphatic imine (C=N–C) groups is 1. The maximum Gasteiger partial charge on any atom is 0.211 e. The van der Waals surface area contributed by atoms with Gasteiger partial charge in [-0.2, -0.15) is 0 Å². The molecule has 1 aromatic rings. The second-order valence-electron chi connectivity index (χ2n) is 6.37. The number of guanidine groups is 1. The zero-order valence-electron chi connectivity index (χ0n) is 17.2. The summed E-state index contributed by atoms with van der Waals surface area (Å²) in [6.45, 7) is 9.21. The molecule has 0 aliphatic rings. The summed E-state index contributed by atoms with van der Waals surface area (Å²) in [5, 5.41) is 3.30. The molecule has 27 heavy (non-hydrogen) atoms. The quantitative estimate of drug-likeness (QED) is 0.228. The number of halogens is 1. The average Bonchev–Trinajstić information content (AvgIpc) is 2.60. The highest BCUT2D eigenvalue weighted by atomic mass is 127. The minimum Gasteiger partial charge on any atom is -0.357 e. The lowest BCUT2D eigenvalue weighted by Gasteiger charge is -2.22. The van der Waals surface area contributed by atoms with Crippen LogP contribution in [0, 0.1) is 0 Å². The number of aryl methyl sites for hydroxylation is 1. The summed E-state index contributed by atoms with van der Waals surface area (Å²) in [6.07, 6.45) is 3.00. The fraction of sp³-hybridized carbons (Fsp3) is 0.632. The van der Waals surface area contributed by atoms with Gasteiger partial charge in [0.15, 0.2) is 5.96 Å². The molecule has 6 nitrogen and oxygen atoms in total. The number of benzene rings is 1. The minimum atomic E-state index is -3.13. The summed E-state index contributed by atoms with van der Waals surface area (Å²) >= 11 is 0. The molecule has 1 N–H and O–H groups in total. The van der Waals surface area contributed by atoms with Gasteiger partial charge in [0.05, 0.1) is 6.26 Å². The first kappa shape index (κ1) is 26.1. The van der Waals surface area contributed by atoms with Gasteiger partial charge in [0, 0.05) is 39.8 Å². The Morgan fingerprint density at radius 3 is 2.19 bits per heavy atom. The largest absolute Gasteiger partial charge is 0.357 e. The highest BCUT2D eigenvalue weighted by Gasteiger charge is 2.13. The van der Waals surface area contributed by atoms with Crippen LogP contribution in [0.1, 0.15) is 38.3 Å². The highest BCUT2D eigenvalue weighted by molar-refractivity contribution is 14.0. The zero-order chi connectivity index (χ0) is 19.6. The topological polar surface area (TPSA) is 65.0 Å². The van der Waals surface area contributed by atoms with Crippen LogP contribution >= 0.6 is 24.0 Å². The predicted octanol–water partition coefficient (Wildman–Crippen LogP) is 2.94. The van der Waals surface area contributed by atoms with Crippen LogP contribution in [0.4, 0.5) is 0 Å². The standard InChI is InChI=1S/C19H34N4O2S.HI/c1-6-17-10-12-18(13-11-17)16-22(4)19(20-7-2)21-14-9-15-23(8-3)26(5,24)25;/h10-13H,6-9,14-16H2,1-5H3,(H,20,21);1H. The summed E-state index contributed by atoms with van der Waals surface area (Å²) in [5.41, 5.74) is 2.58. The first-order valence-electron chi connectivity index (χ1n) is 9.34. The Balaban J connectivity index is 0.00000676. The average molecular weight is 510 g/mol. The summed E-state index contributed by atoms with van der Waals surface area (Å²) < 4.78 is 24.7. The van der Waals surface area contributed by atoms with Crippen LogP contribution in [0.5, 0.6) is 0 Å². The second kappa shape index (κ2) is 13.3. The maximum atomic E-state index is 11.6. The molecule has 0 amide bonds. The Labute approximate surface area is 182 Å². The monoisotopic (exact) mass is 510 g/mol. The van der Waals surface area contributed by atoms with Crippen molar-refractivity contribution < 1.29 is 8.42 Å². The lowest BCUT2D eigenvalue weighted by Crippen LogP contribution is -2.38. The Bertz CT molecular complexity index is 663. The van der Waals surface area contributed by atoms with Crippen LogP contribution in [0.15, 0.2) is 29.3 Å². The van der Waals surface area contributed by atoms with Crippen LogP contribution in [0.3, 0.4) is 0 Å². The fourth-order valence-corrected chi connectivity index (χ4v) is 3.62.